The molecule has 1 amide bonds. The molecule has 6 nitrogen and oxygen atoms in total. The monoisotopic (exact) mass is 409 g/mol. The standard InChI is InChI=1S/C24H35N5O/c1-2-25-24(26-17-18-7-5-10-22(15-18)29-13-3-4-14-29)28-21-9-6-8-19(16-21)23(30)27-20-11-12-20/h3-5,7,10,15,19-21H,2,6,8-9,11-14,16-17H2,1H3,(H,27,30)(H2,25,26,28). The zero-order chi connectivity index (χ0) is 20.8. The Morgan fingerprint density at radius 2 is 1.93 bits per heavy atom. The van der Waals surface area contributed by atoms with E-state index < -0.39 is 0 Å². The second kappa shape index (κ2) is 10.0. The number of carbonyl (C=O) groups is 1. The average Bonchev–Trinajstić information content (AvgIpc) is 3.40. The van der Waals surface area contributed by atoms with E-state index in [2.05, 4.69) is 64.2 Å². The first-order valence-electron chi connectivity index (χ1n) is 11.6. The van der Waals surface area contributed by atoms with Gasteiger partial charge in [-0.05, 0) is 56.7 Å². The van der Waals surface area contributed by atoms with Crippen molar-refractivity contribution in [1.29, 1.82) is 0 Å². The second-order valence-electron chi connectivity index (χ2n) is 8.73. The molecule has 1 heterocycles. The first-order valence-corrected chi connectivity index (χ1v) is 11.6. The van der Waals surface area contributed by atoms with Crippen molar-refractivity contribution in [2.45, 2.75) is 64.1 Å². The number of nitrogens with zero attached hydrogens (tertiary/aromatic N) is 2. The molecule has 2 saturated carbocycles. The van der Waals surface area contributed by atoms with E-state index in [4.69, 9.17) is 4.99 Å². The minimum absolute atomic E-state index is 0.130. The Hall–Kier alpha value is -2.50. The van der Waals surface area contributed by atoms with Crippen LogP contribution < -0.4 is 20.9 Å². The number of benzene rings is 1. The summed E-state index contributed by atoms with van der Waals surface area (Å²) >= 11 is 0. The Bertz CT molecular complexity index is 778. The predicted molar refractivity (Wildman–Crippen MR) is 123 cm³/mol. The maximum Gasteiger partial charge on any atom is 0.223 e. The highest BCUT2D eigenvalue weighted by atomic mass is 16.2. The zero-order valence-corrected chi connectivity index (χ0v) is 18.1. The van der Waals surface area contributed by atoms with Gasteiger partial charge in [0.05, 0.1) is 6.54 Å². The molecular formula is C24H35N5O. The van der Waals surface area contributed by atoms with E-state index in [1.807, 2.05) is 0 Å². The summed E-state index contributed by atoms with van der Waals surface area (Å²) in [5.74, 6) is 1.23. The molecule has 0 spiro atoms. The van der Waals surface area contributed by atoms with Gasteiger partial charge in [0, 0.05) is 43.3 Å². The van der Waals surface area contributed by atoms with Crippen molar-refractivity contribution >= 4 is 17.6 Å². The number of carbonyl (C=O) groups excluding carboxylic acids is 1. The van der Waals surface area contributed by atoms with Gasteiger partial charge in [-0.2, -0.15) is 0 Å². The fourth-order valence-electron chi connectivity index (χ4n) is 4.33. The topological polar surface area (TPSA) is 68.8 Å². The van der Waals surface area contributed by atoms with Gasteiger partial charge in [-0.1, -0.05) is 30.7 Å². The van der Waals surface area contributed by atoms with E-state index in [-0.39, 0.29) is 11.8 Å². The van der Waals surface area contributed by atoms with E-state index in [1.54, 1.807) is 0 Å². The Kier molecular flexibility index (Phi) is 6.92. The Labute approximate surface area is 180 Å². The van der Waals surface area contributed by atoms with Crippen LogP contribution >= 0.6 is 0 Å². The van der Waals surface area contributed by atoms with Crippen LogP contribution in [0.4, 0.5) is 5.69 Å². The molecule has 6 heteroatoms. The van der Waals surface area contributed by atoms with Crippen molar-refractivity contribution in [3.8, 4) is 0 Å². The van der Waals surface area contributed by atoms with Crippen LogP contribution in [0.15, 0.2) is 41.4 Å². The number of hydrogen-bond acceptors (Lipinski definition) is 3. The summed E-state index contributed by atoms with van der Waals surface area (Å²) in [6.45, 7) is 5.51. The number of amides is 1. The lowest BCUT2D eigenvalue weighted by molar-refractivity contribution is -0.126. The lowest BCUT2D eigenvalue weighted by atomic mass is 9.85. The van der Waals surface area contributed by atoms with Crippen LogP contribution in [-0.4, -0.2) is 43.6 Å². The fraction of sp³-hybridized carbons (Fsp3) is 0.583. The molecule has 1 aromatic carbocycles. The minimum Gasteiger partial charge on any atom is -0.364 e. The summed E-state index contributed by atoms with van der Waals surface area (Å²) in [5.41, 5.74) is 2.46. The number of aliphatic imine (C=N–C) groups is 1. The summed E-state index contributed by atoms with van der Waals surface area (Å²) in [6, 6.07) is 9.39. The van der Waals surface area contributed by atoms with Gasteiger partial charge < -0.3 is 20.9 Å². The maximum atomic E-state index is 12.5. The van der Waals surface area contributed by atoms with Gasteiger partial charge in [0.1, 0.15) is 0 Å². The minimum atomic E-state index is 0.130. The molecule has 0 radical (unpaired) electrons. The molecule has 2 fully saturated rings. The SMILES string of the molecule is CCNC(=NCc1cccc(N2CC=CC2)c1)NC1CCCC(C(=O)NC2CC2)C1. The molecule has 2 atom stereocenters. The van der Waals surface area contributed by atoms with Gasteiger partial charge in [-0.3, -0.25) is 4.79 Å². The van der Waals surface area contributed by atoms with Gasteiger partial charge in [0.25, 0.3) is 0 Å². The molecule has 2 aliphatic carbocycles. The number of nitrogens with one attached hydrogen (secondary N) is 3. The van der Waals surface area contributed by atoms with Crippen LogP contribution in [-0.2, 0) is 11.3 Å². The molecule has 4 rings (SSSR count). The number of anilines is 1. The van der Waals surface area contributed by atoms with Crippen LogP contribution in [0.3, 0.4) is 0 Å². The van der Waals surface area contributed by atoms with Crippen LogP contribution in [0.2, 0.25) is 0 Å². The molecule has 1 aliphatic heterocycles. The third kappa shape index (κ3) is 5.77. The van der Waals surface area contributed by atoms with Gasteiger partial charge in [-0.15, -0.1) is 0 Å². The van der Waals surface area contributed by atoms with E-state index in [9.17, 15) is 4.79 Å². The summed E-state index contributed by atoms with van der Waals surface area (Å²) in [7, 11) is 0. The predicted octanol–water partition coefficient (Wildman–Crippen LogP) is 2.96. The van der Waals surface area contributed by atoms with Gasteiger partial charge in [0.2, 0.25) is 5.91 Å². The molecular weight excluding hydrogens is 374 g/mol. The van der Waals surface area contributed by atoms with Gasteiger partial charge >= 0.3 is 0 Å². The number of guanidine groups is 1. The average molecular weight is 410 g/mol. The fourth-order valence-corrected chi connectivity index (χ4v) is 4.33. The number of hydrogen-bond donors (Lipinski definition) is 3. The summed E-state index contributed by atoms with van der Waals surface area (Å²) in [6.07, 6.45) is 10.8. The maximum absolute atomic E-state index is 12.5. The Morgan fingerprint density at radius 3 is 2.70 bits per heavy atom. The van der Waals surface area contributed by atoms with Crippen molar-refractivity contribution in [1.82, 2.24) is 16.0 Å². The first-order chi connectivity index (χ1) is 14.7. The Morgan fingerprint density at radius 1 is 1.10 bits per heavy atom. The lowest BCUT2D eigenvalue weighted by Gasteiger charge is -2.30. The van der Waals surface area contributed by atoms with Crippen molar-refractivity contribution in [2.75, 3.05) is 24.5 Å². The normalized spacial score (nSPS) is 24.0. The largest absolute Gasteiger partial charge is 0.364 e. The summed E-state index contributed by atoms with van der Waals surface area (Å²) < 4.78 is 0. The van der Waals surface area contributed by atoms with Crippen LogP contribution in [0.1, 0.15) is 51.0 Å². The van der Waals surface area contributed by atoms with E-state index in [1.165, 1.54) is 11.3 Å². The van der Waals surface area contributed by atoms with Crippen LogP contribution in [0.5, 0.6) is 0 Å². The highest BCUT2D eigenvalue weighted by molar-refractivity contribution is 5.81. The van der Waals surface area contributed by atoms with Crippen molar-refractivity contribution in [2.24, 2.45) is 10.9 Å². The van der Waals surface area contributed by atoms with E-state index >= 15 is 0 Å². The second-order valence-corrected chi connectivity index (χ2v) is 8.73. The van der Waals surface area contributed by atoms with Crippen molar-refractivity contribution < 1.29 is 4.79 Å². The molecule has 3 aliphatic rings. The molecule has 1 aromatic rings. The van der Waals surface area contributed by atoms with E-state index in [0.29, 0.717) is 18.6 Å². The highest BCUT2D eigenvalue weighted by Crippen LogP contribution is 2.27. The lowest BCUT2D eigenvalue weighted by Crippen LogP contribution is -2.47. The number of rotatable bonds is 7. The summed E-state index contributed by atoms with van der Waals surface area (Å²) in [5, 5.41) is 10.1. The third-order valence-corrected chi connectivity index (χ3v) is 6.17. The van der Waals surface area contributed by atoms with Gasteiger partial charge in [0.15, 0.2) is 5.96 Å². The smallest absolute Gasteiger partial charge is 0.223 e. The van der Waals surface area contributed by atoms with E-state index in [0.717, 1.165) is 64.1 Å². The molecule has 0 bridgehead atoms. The highest BCUT2D eigenvalue weighted by Gasteiger charge is 2.31. The molecule has 0 aromatic heterocycles. The molecule has 2 unspecified atom stereocenters. The Balaban J connectivity index is 1.34. The molecule has 162 valence electrons. The zero-order valence-electron chi connectivity index (χ0n) is 18.1. The molecule has 3 N–H and O–H groups in total. The summed E-state index contributed by atoms with van der Waals surface area (Å²) in [4.78, 5) is 19.7. The van der Waals surface area contributed by atoms with Crippen LogP contribution in [0.25, 0.3) is 0 Å². The van der Waals surface area contributed by atoms with Gasteiger partial charge in [-0.25, -0.2) is 4.99 Å². The van der Waals surface area contributed by atoms with Crippen molar-refractivity contribution in [3.05, 3.63) is 42.0 Å². The van der Waals surface area contributed by atoms with Crippen LogP contribution in [0, 0.1) is 5.92 Å². The quantitative estimate of drug-likeness (QED) is 0.368. The third-order valence-electron chi connectivity index (χ3n) is 6.17. The first kappa shape index (κ1) is 20.8. The van der Waals surface area contributed by atoms with Crippen molar-refractivity contribution in [3.63, 3.8) is 0 Å². The molecule has 30 heavy (non-hydrogen) atoms. The molecule has 0 saturated heterocycles.